The molecular formula is C20H26N4OS. The maximum Gasteiger partial charge on any atom is 0.233 e. The third-order valence-electron chi connectivity index (χ3n) is 6.25. The molecule has 1 saturated carbocycles. The Hall–Kier alpha value is -1.95. The molecule has 2 aromatic rings. The van der Waals surface area contributed by atoms with Gasteiger partial charge in [0.1, 0.15) is 5.82 Å². The van der Waals surface area contributed by atoms with Crippen molar-refractivity contribution < 1.29 is 4.79 Å². The fourth-order valence-electron chi connectivity index (χ4n) is 4.73. The van der Waals surface area contributed by atoms with Gasteiger partial charge in [-0.25, -0.2) is 0 Å². The van der Waals surface area contributed by atoms with Gasteiger partial charge in [0.05, 0.1) is 5.41 Å². The summed E-state index contributed by atoms with van der Waals surface area (Å²) in [6.07, 6.45) is 6.13. The quantitative estimate of drug-likeness (QED) is 0.838. The molecule has 138 valence electrons. The summed E-state index contributed by atoms with van der Waals surface area (Å²) in [5, 5.41) is 7.27. The average Bonchev–Trinajstić information content (AvgIpc) is 3.31. The first-order valence-electron chi connectivity index (χ1n) is 9.58. The van der Waals surface area contributed by atoms with Crippen molar-refractivity contribution in [2.75, 3.05) is 13.1 Å². The molecule has 0 bridgehead atoms. The summed E-state index contributed by atoms with van der Waals surface area (Å²) in [6, 6.07) is 10.4. The van der Waals surface area contributed by atoms with Gasteiger partial charge in [0, 0.05) is 26.1 Å². The van der Waals surface area contributed by atoms with E-state index in [4.69, 9.17) is 12.2 Å². The number of hydrogen-bond acceptors (Lipinski definition) is 3. The number of nitrogens with zero attached hydrogens (tertiary/aromatic N) is 3. The lowest BCUT2D eigenvalue weighted by atomic mass is 9.77. The van der Waals surface area contributed by atoms with E-state index in [1.807, 2.05) is 17.7 Å². The summed E-state index contributed by atoms with van der Waals surface area (Å²) < 4.78 is 2.62. The molecule has 0 unspecified atom stereocenters. The molecule has 5 nitrogen and oxygen atoms in total. The Morgan fingerprint density at radius 2 is 1.85 bits per heavy atom. The zero-order valence-corrected chi connectivity index (χ0v) is 16.1. The number of rotatable bonds is 3. The van der Waals surface area contributed by atoms with Crippen LogP contribution < -0.4 is 0 Å². The molecule has 2 aliphatic rings. The number of carbonyl (C=O) groups excluding carboxylic acids is 1. The maximum absolute atomic E-state index is 13.5. The molecule has 1 saturated heterocycles. The minimum Gasteiger partial charge on any atom is -0.342 e. The smallest absolute Gasteiger partial charge is 0.233 e. The molecule has 2 heterocycles. The van der Waals surface area contributed by atoms with Crippen molar-refractivity contribution in [3.8, 4) is 0 Å². The molecule has 26 heavy (non-hydrogen) atoms. The van der Waals surface area contributed by atoms with Crippen LogP contribution in [0.25, 0.3) is 0 Å². The van der Waals surface area contributed by atoms with Gasteiger partial charge < -0.3 is 9.47 Å². The van der Waals surface area contributed by atoms with E-state index in [-0.39, 0.29) is 5.41 Å². The van der Waals surface area contributed by atoms with E-state index in [0.29, 0.717) is 16.6 Å². The van der Waals surface area contributed by atoms with E-state index >= 15 is 0 Å². The third-order valence-corrected chi connectivity index (χ3v) is 6.62. The monoisotopic (exact) mass is 370 g/mol. The number of H-pyrrole nitrogens is 1. The summed E-state index contributed by atoms with van der Waals surface area (Å²) in [6.45, 7) is 1.61. The van der Waals surface area contributed by atoms with E-state index in [2.05, 4.69) is 39.4 Å². The van der Waals surface area contributed by atoms with Crippen molar-refractivity contribution in [2.24, 2.45) is 7.05 Å². The van der Waals surface area contributed by atoms with Crippen LogP contribution in [0, 0.1) is 4.77 Å². The van der Waals surface area contributed by atoms with Crippen LogP contribution in [0.3, 0.4) is 0 Å². The molecule has 1 aromatic heterocycles. The van der Waals surface area contributed by atoms with Crippen molar-refractivity contribution in [3.63, 3.8) is 0 Å². The Kier molecular flexibility index (Phi) is 4.69. The second-order valence-electron chi connectivity index (χ2n) is 7.67. The molecule has 4 rings (SSSR count). The maximum atomic E-state index is 13.5. The molecular weight excluding hydrogens is 344 g/mol. The van der Waals surface area contributed by atoms with Crippen molar-refractivity contribution >= 4 is 18.1 Å². The topological polar surface area (TPSA) is 53.9 Å². The Bertz CT molecular complexity index is 827. The molecule has 1 aliphatic carbocycles. The molecule has 6 heteroatoms. The van der Waals surface area contributed by atoms with Gasteiger partial charge in [-0.1, -0.05) is 43.2 Å². The highest BCUT2D eigenvalue weighted by Gasteiger charge is 2.45. The van der Waals surface area contributed by atoms with Crippen molar-refractivity contribution in [3.05, 3.63) is 46.5 Å². The Morgan fingerprint density at radius 1 is 1.19 bits per heavy atom. The van der Waals surface area contributed by atoms with Crippen LogP contribution in [0.15, 0.2) is 30.3 Å². The predicted octanol–water partition coefficient (Wildman–Crippen LogP) is 3.70. The number of aromatic nitrogens is 3. The average molecular weight is 371 g/mol. The number of carbonyl (C=O) groups is 1. The van der Waals surface area contributed by atoms with Crippen molar-refractivity contribution in [2.45, 2.75) is 49.9 Å². The fourth-order valence-corrected chi connectivity index (χ4v) is 4.87. The van der Waals surface area contributed by atoms with Gasteiger partial charge >= 0.3 is 0 Å². The highest BCUT2D eigenvalue weighted by atomic mass is 32.1. The lowest BCUT2D eigenvalue weighted by molar-refractivity contribution is -0.138. The first-order chi connectivity index (χ1) is 12.6. The van der Waals surface area contributed by atoms with Gasteiger partial charge in [-0.15, -0.1) is 0 Å². The molecule has 1 aromatic carbocycles. The Morgan fingerprint density at radius 3 is 2.42 bits per heavy atom. The second kappa shape index (κ2) is 6.99. The molecule has 1 N–H and O–H groups in total. The van der Waals surface area contributed by atoms with Gasteiger partial charge in [0.2, 0.25) is 5.91 Å². The largest absolute Gasteiger partial charge is 0.342 e. The highest BCUT2D eigenvalue weighted by molar-refractivity contribution is 7.71. The predicted molar refractivity (Wildman–Crippen MR) is 104 cm³/mol. The third kappa shape index (κ3) is 2.90. The van der Waals surface area contributed by atoms with Crippen LogP contribution in [-0.4, -0.2) is 38.7 Å². The fraction of sp³-hybridized carbons (Fsp3) is 0.550. The first kappa shape index (κ1) is 17.5. The van der Waals surface area contributed by atoms with E-state index < -0.39 is 0 Å². The number of hydrogen-bond donors (Lipinski definition) is 1. The number of amides is 1. The van der Waals surface area contributed by atoms with Gasteiger partial charge in [-0.2, -0.15) is 5.10 Å². The SMILES string of the molecule is Cn1c(C2CCN(C(=O)C3(c4ccccc4)CCCC3)CC2)n[nH]c1=S. The van der Waals surface area contributed by atoms with Crippen molar-refractivity contribution in [1.29, 1.82) is 0 Å². The van der Waals surface area contributed by atoms with Crippen molar-refractivity contribution in [1.82, 2.24) is 19.7 Å². The molecule has 0 atom stereocenters. The summed E-state index contributed by atoms with van der Waals surface area (Å²) in [5.41, 5.74) is 0.887. The van der Waals surface area contributed by atoms with Gasteiger partial charge in [0.25, 0.3) is 0 Å². The minimum atomic E-state index is -0.307. The van der Waals surface area contributed by atoms with E-state index in [1.54, 1.807) is 0 Å². The molecule has 1 amide bonds. The highest BCUT2D eigenvalue weighted by Crippen LogP contribution is 2.43. The molecule has 1 aliphatic heterocycles. The normalized spacial score (nSPS) is 20.4. The number of aromatic amines is 1. The lowest BCUT2D eigenvalue weighted by Crippen LogP contribution is -2.48. The summed E-state index contributed by atoms with van der Waals surface area (Å²) in [5.74, 6) is 1.71. The minimum absolute atomic E-state index is 0.307. The molecule has 2 fully saturated rings. The van der Waals surface area contributed by atoms with Gasteiger partial charge in [-0.3, -0.25) is 9.89 Å². The van der Waals surface area contributed by atoms with E-state index in [1.165, 1.54) is 5.56 Å². The number of benzene rings is 1. The Labute approximate surface area is 159 Å². The zero-order valence-electron chi connectivity index (χ0n) is 15.3. The lowest BCUT2D eigenvalue weighted by Gasteiger charge is -2.38. The molecule has 0 radical (unpaired) electrons. The summed E-state index contributed by atoms with van der Waals surface area (Å²) in [7, 11) is 1.96. The zero-order chi connectivity index (χ0) is 18.1. The molecule has 0 spiro atoms. The van der Waals surface area contributed by atoms with Crippen LogP contribution in [0.1, 0.15) is 55.8 Å². The van der Waals surface area contributed by atoms with E-state index in [9.17, 15) is 4.79 Å². The number of nitrogens with one attached hydrogen (secondary N) is 1. The number of piperidine rings is 1. The Balaban J connectivity index is 1.51. The van der Waals surface area contributed by atoms with Crippen LogP contribution in [0.5, 0.6) is 0 Å². The van der Waals surface area contributed by atoms with Gasteiger partial charge in [-0.05, 0) is 43.5 Å². The summed E-state index contributed by atoms with van der Waals surface area (Å²) in [4.78, 5) is 15.6. The van der Waals surface area contributed by atoms with Crippen LogP contribution in [0.2, 0.25) is 0 Å². The standard InChI is InChI=1S/C20H26N4OS/c1-23-17(21-22-19(23)26)15-9-13-24(14-10-15)18(25)20(11-5-6-12-20)16-7-3-2-4-8-16/h2-4,7-8,15H,5-6,9-14H2,1H3,(H,22,26). The van der Waals surface area contributed by atoms with Crippen LogP contribution in [0.4, 0.5) is 0 Å². The van der Waals surface area contributed by atoms with Crippen LogP contribution >= 0.6 is 12.2 Å². The number of likely N-dealkylation sites (tertiary alicyclic amines) is 1. The second-order valence-corrected chi connectivity index (χ2v) is 8.05. The first-order valence-corrected chi connectivity index (χ1v) is 9.99. The van der Waals surface area contributed by atoms with E-state index in [0.717, 1.165) is 57.4 Å². The summed E-state index contributed by atoms with van der Waals surface area (Å²) >= 11 is 5.23. The van der Waals surface area contributed by atoms with Crippen LogP contribution in [-0.2, 0) is 17.3 Å². The van der Waals surface area contributed by atoms with Gasteiger partial charge in [0.15, 0.2) is 4.77 Å².